The standard InChI is InChI=1S/C34H50O6/c1-3-5-7-9-11-13-15-24-32(35)38-26-29(40-33(36)25-16-14-12-10-8-6-4-2)27-39-34(37)31-23-19-21-28-20-17-18-22-30(28)31/h17-23,29H,3-16,24-27H2,1-2H3. The Morgan fingerprint density at radius 1 is 0.600 bits per heavy atom. The fourth-order valence-corrected chi connectivity index (χ4v) is 4.72. The van der Waals surface area contributed by atoms with Crippen molar-refractivity contribution < 1.29 is 28.6 Å². The summed E-state index contributed by atoms with van der Waals surface area (Å²) in [6.45, 7) is 4.09. The zero-order chi connectivity index (χ0) is 28.8. The Morgan fingerprint density at radius 2 is 1.12 bits per heavy atom. The van der Waals surface area contributed by atoms with Crippen molar-refractivity contribution in [2.75, 3.05) is 13.2 Å². The fourth-order valence-electron chi connectivity index (χ4n) is 4.72. The number of fused-ring (bicyclic) bond motifs is 1. The Balaban J connectivity index is 1.84. The molecule has 0 heterocycles. The van der Waals surface area contributed by atoms with E-state index in [0.29, 0.717) is 18.4 Å². The van der Waals surface area contributed by atoms with Crippen LogP contribution < -0.4 is 0 Å². The molecule has 0 spiro atoms. The van der Waals surface area contributed by atoms with Gasteiger partial charge in [0.2, 0.25) is 0 Å². The molecule has 1 atom stereocenters. The van der Waals surface area contributed by atoms with Gasteiger partial charge in [-0.2, -0.15) is 0 Å². The molecule has 2 rings (SSSR count). The number of carbonyl (C=O) groups is 3. The predicted octanol–water partition coefficient (Wildman–Crippen LogP) is 8.73. The minimum Gasteiger partial charge on any atom is -0.462 e. The number of carbonyl (C=O) groups excluding carboxylic acids is 3. The Kier molecular flexibility index (Phi) is 17.4. The summed E-state index contributed by atoms with van der Waals surface area (Å²) < 4.78 is 16.6. The third-order valence-corrected chi connectivity index (χ3v) is 7.11. The first-order chi connectivity index (χ1) is 19.5. The van der Waals surface area contributed by atoms with Crippen LogP contribution in [0.1, 0.15) is 127 Å². The number of esters is 3. The second kappa shape index (κ2) is 20.9. The molecule has 0 amide bonds. The lowest BCUT2D eigenvalue weighted by atomic mass is 10.1. The van der Waals surface area contributed by atoms with E-state index in [4.69, 9.17) is 14.2 Å². The number of unbranched alkanes of at least 4 members (excludes halogenated alkanes) is 12. The van der Waals surface area contributed by atoms with E-state index in [-0.39, 0.29) is 25.2 Å². The SMILES string of the molecule is CCCCCCCCCC(=O)OCC(COC(=O)c1cccc2ccccc12)OC(=O)CCCCCCCCC. The Morgan fingerprint density at radius 3 is 1.77 bits per heavy atom. The van der Waals surface area contributed by atoms with Crippen molar-refractivity contribution >= 4 is 28.7 Å². The third kappa shape index (κ3) is 14.0. The van der Waals surface area contributed by atoms with Gasteiger partial charge >= 0.3 is 17.9 Å². The fraction of sp³-hybridized carbons (Fsp3) is 0.618. The highest BCUT2D eigenvalue weighted by molar-refractivity contribution is 6.04. The van der Waals surface area contributed by atoms with Crippen LogP contribution >= 0.6 is 0 Å². The minimum absolute atomic E-state index is 0.124. The maximum Gasteiger partial charge on any atom is 0.338 e. The van der Waals surface area contributed by atoms with Gasteiger partial charge in [0.1, 0.15) is 13.2 Å². The number of ether oxygens (including phenoxy) is 3. The molecule has 0 bridgehead atoms. The zero-order valence-corrected chi connectivity index (χ0v) is 24.8. The van der Waals surface area contributed by atoms with Crippen LogP contribution in [0.2, 0.25) is 0 Å². The second-order valence-electron chi connectivity index (χ2n) is 10.7. The second-order valence-corrected chi connectivity index (χ2v) is 10.7. The maximum atomic E-state index is 12.9. The van der Waals surface area contributed by atoms with Gasteiger partial charge in [0.05, 0.1) is 5.56 Å². The van der Waals surface area contributed by atoms with E-state index in [2.05, 4.69) is 13.8 Å². The van der Waals surface area contributed by atoms with Crippen LogP contribution in [0, 0.1) is 0 Å². The van der Waals surface area contributed by atoms with Crippen molar-refractivity contribution in [2.24, 2.45) is 0 Å². The average Bonchev–Trinajstić information content (AvgIpc) is 2.97. The topological polar surface area (TPSA) is 78.9 Å². The summed E-state index contributed by atoms with van der Waals surface area (Å²) in [4.78, 5) is 37.8. The molecule has 6 heteroatoms. The van der Waals surface area contributed by atoms with Gasteiger partial charge in [0.15, 0.2) is 6.10 Å². The summed E-state index contributed by atoms with van der Waals surface area (Å²) in [5.41, 5.74) is 0.446. The van der Waals surface area contributed by atoms with Crippen molar-refractivity contribution in [3.05, 3.63) is 48.0 Å². The summed E-state index contributed by atoms with van der Waals surface area (Å²) in [5, 5.41) is 1.73. The van der Waals surface area contributed by atoms with Gasteiger partial charge in [-0.15, -0.1) is 0 Å². The summed E-state index contributed by atoms with van der Waals surface area (Å²) in [6, 6.07) is 13.1. The molecule has 0 N–H and O–H groups in total. The smallest absolute Gasteiger partial charge is 0.338 e. The number of benzene rings is 2. The first-order valence-electron chi connectivity index (χ1n) is 15.5. The Hall–Kier alpha value is -2.89. The van der Waals surface area contributed by atoms with Crippen LogP contribution in [-0.4, -0.2) is 37.2 Å². The van der Waals surface area contributed by atoms with Crippen LogP contribution in [0.15, 0.2) is 42.5 Å². The maximum absolute atomic E-state index is 12.9. The molecule has 0 saturated carbocycles. The lowest BCUT2D eigenvalue weighted by molar-refractivity contribution is -0.161. The summed E-state index contributed by atoms with van der Waals surface area (Å²) >= 11 is 0. The van der Waals surface area contributed by atoms with Gasteiger partial charge in [-0.05, 0) is 29.7 Å². The van der Waals surface area contributed by atoms with Gasteiger partial charge < -0.3 is 14.2 Å². The number of rotatable bonds is 22. The van der Waals surface area contributed by atoms with Crippen LogP contribution in [0.4, 0.5) is 0 Å². The quantitative estimate of drug-likeness (QED) is 0.0822. The van der Waals surface area contributed by atoms with Crippen molar-refractivity contribution in [1.82, 2.24) is 0 Å². The molecule has 2 aromatic rings. The molecular formula is C34H50O6. The molecule has 0 aliphatic carbocycles. The van der Waals surface area contributed by atoms with Crippen LogP contribution in [0.25, 0.3) is 10.8 Å². The molecule has 1 unspecified atom stereocenters. The number of hydrogen-bond donors (Lipinski definition) is 0. The highest BCUT2D eigenvalue weighted by Gasteiger charge is 2.21. The van der Waals surface area contributed by atoms with Gasteiger partial charge in [-0.25, -0.2) is 4.79 Å². The van der Waals surface area contributed by atoms with Crippen molar-refractivity contribution in [3.63, 3.8) is 0 Å². The van der Waals surface area contributed by atoms with E-state index >= 15 is 0 Å². The highest BCUT2D eigenvalue weighted by atomic mass is 16.6. The molecule has 0 aromatic heterocycles. The molecule has 40 heavy (non-hydrogen) atoms. The summed E-state index contributed by atoms with van der Waals surface area (Å²) in [5.74, 6) is -1.18. The van der Waals surface area contributed by atoms with Gasteiger partial charge in [-0.3, -0.25) is 9.59 Å². The van der Waals surface area contributed by atoms with Crippen LogP contribution in [0.5, 0.6) is 0 Å². The molecule has 2 aromatic carbocycles. The molecule has 0 aliphatic heterocycles. The van der Waals surface area contributed by atoms with E-state index in [1.165, 1.54) is 51.4 Å². The lowest BCUT2D eigenvalue weighted by Gasteiger charge is -2.18. The number of hydrogen-bond acceptors (Lipinski definition) is 6. The highest BCUT2D eigenvalue weighted by Crippen LogP contribution is 2.19. The van der Waals surface area contributed by atoms with Gasteiger partial charge in [0, 0.05) is 12.8 Å². The Bertz CT molecular complexity index is 996. The average molecular weight is 555 g/mol. The largest absolute Gasteiger partial charge is 0.462 e. The Labute approximate surface area is 241 Å². The van der Waals surface area contributed by atoms with Crippen molar-refractivity contribution in [3.8, 4) is 0 Å². The molecule has 0 aliphatic rings. The summed E-state index contributed by atoms with van der Waals surface area (Å²) in [7, 11) is 0. The molecule has 0 saturated heterocycles. The van der Waals surface area contributed by atoms with E-state index in [1.807, 2.05) is 36.4 Å². The predicted molar refractivity (Wildman–Crippen MR) is 160 cm³/mol. The third-order valence-electron chi connectivity index (χ3n) is 7.11. The molecule has 0 fully saturated rings. The van der Waals surface area contributed by atoms with Crippen LogP contribution in [-0.2, 0) is 23.8 Å². The molecule has 222 valence electrons. The van der Waals surface area contributed by atoms with E-state index < -0.39 is 12.1 Å². The molecular weight excluding hydrogens is 504 g/mol. The van der Waals surface area contributed by atoms with E-state index in [9.17, 15) is 14.4 Å². The first kappa shape index (κ1) is 33.3. The van der Waals surface area contributed by atoms with Crippen molar-refractivity contribution in [2.45, 2.75) is 123 Å². The van der Waals surface area contributed by atoms with Gasteiger partial charge in [-0.1, -0.05) is 127 Å². The zero-order valence-electron chi connectivity index (χ0n) is 24.8. The normalized spacial score (nSPS) is 11.8. The van der Waals surface area contributed by atoms with E-state index in [1.54, 1.807) is 6.07 Å². The molecule has 0 radical (unpaired) electrons. The van der Waals surface area contributed by atoms with E-state index in [0.717, 1.165) is 49.3 Å². The van der Waals surface area contributed by atoms with Crippen molar-refractivity contribution in [1.29, 1.82) is 0 Å². The minimum atomic E-state index is -0.839. The summed E-state index contributed by atoms with van der Waals surface area (Å²) in [6.07, 6.45) is 15.3. The van der Waals surface area contributed by atoms with Gasteiger partial charge in [0.25, 0.3) is 0 Å². The van der Waals surface area contributed by atoms with Crippen LogP contribution in [0.3, 0.4) is 0 Å². The first-order valence-corrected chi connectivity index (χ1v) is 15.5. The molecule has 6 nitrogen and oxygen atoms in total. The lowest BCUT2D eigenvalue weighted by Crippen LogP contribution is -2.31. The monoisotopic (exact) mass is 554 g/mol.